The predicted octanol–water partition coefficient (Wildman–Crippen LogP) is -0.989. The van der Waals surface area contributed by atoms with Crippen molar-refractivity contribution in [3.8, 4) is 0 Å². The molecule has 0 aromatic rings. The molecule has 4 N–H and O–H groups in total. The third kappa shape index (κ3) is 1.92. The van der Waals surface area contributed by atoms with Crippen LogP contribution < -0.4 is 11.5 Å². The van der Waals surface area contributed by atoms with Crippen molar-refractivity contribution in [1.82, 2.24) is 0 Å². The number of hydrogen-bond donors (Lipinski definition) is 2. The summed E-state index contributed by atoms with van der Waals surface area (Å²) < 4.78 is 21.6. The van der Waals surface area contributed by atoms with Gasteiger partial charge in [0.25, 0.3) is 0 Å². The van der Waals surface area contributed by atoms with Crippen LogP contribution in [0.1, 0.15) is 13.8 Å². The molecule has 0 aliphatic carbocycles. The van der Waals surface area contributed by atoms with Gasteiger partial charge in [-0.15, -0.1) is 0 Å². The highest BCUT2D eigenvalue weighted by atomic mass is 32.2. The van der Waals surface area contributed by atoms with E-state index < -0.39 is 20.6 Å². The average molecular weight is 152 g/mol. The summed E-state index contributed by atoms with van der Waals surface area (Å²) in [5.74, 6) is 0. The molecule has 0 spiro atoms. The maximum atomic E-state index is 10.8. The molecule has 0 radical (unpaired) electrons. The first-order chi connectivity index (χ1) is 3.89. The van der Waals surface area contributed by atoms with Gasteiger partial charge >= 0.3 is 0 Å². The summed E-state index contributed by atoms with van der Waals surface area (Å²) in [6.45, 7) is 2.80. The van der Waals surface area contributed by atoms with Crippen molar-refractivity contribution in [3.63, 3.8) is 0 Å². The Bertz CT molecular complexity index is 157. The van der Waals surface area contributed by atoms with Gasteiger partial charge in [-0.1, -0.05) is 0 Å². The topological polar surface area (TPSA) is 86.2 Å². The molecule has 0 aliphatic rings. The largest absolute Gasteiger partial charge is 0.315 e. The van der Waals surface area contributed by atoms with E-state index in [0.29, 0.717) is 0 Å². The first-order valence-corrected chi connectivity index (χ1v) is 4.24. The summed E-state index contributed by atoms with van der Waals surface area (Å²) in [4.78, 5) is 0. The van der Waals surface area contributed by atoms with Gasteiger partial charge in [-0.05, 0) is 13.8 Å². The standard InChI is InChI=1S/C4H12N2O2S/c1-3(5)9(7,8)4(2)6/h3-4H,5-6H2,1-2H3/t3-,4+. The van der Waals surface area contributed by atoms with Crippen molar-refractivity contribution < 1.29 is 8.42 Å². The minimum atomic E-state index is -3.26. The van der Waals surface area contributed by atoms with Gasteiger partial charge in [0.05, 0.1) is 0 Å². The molecular weight excluding hydrogens is 140 g/mol. The molecule has 4 nitrogen and oxygen atoms in total. The molecular formula is C4H12N2O2S. The summed E-state index contributed by atoms with van der Waals surface area (Å²) in [6.07, 6.45) is 0. The van der Waals surface area contributed by atoms with Gasteiger partial charge in [0.15, 0.2) is 9.84 Å². The third-order valence-corrected chi connectivity index (χ3v) is 3.11. The Balaban J connectivity index is 4.42. The molecule has 0 heterocycles. The summed E-state index contributed by atoms with van der Waals surface area (Å²) in [7, 11) is -3.26. The minimum Gasteiger partial charge on any atom is -0.315 e. The Morgan fingerprint density at radius 2 is 1.33 bits per heavy atom. The van der Waals surface area contributed by atoms with Crippen molar-refractivity contribution in [3.05, 3.63) is 0 Å². The molecule has 0 bridgehead atoms. The number of sulfone groups is 1. The molecule has 0 aromatic carbocycles. The van der Waals surface area contributed by atoms with Crippen LogP contribution in [0, 0.1) is 0 Å². The van der Waals surface area contributed by atoms with E-state index in [1.807, 2.05) is 0 Å². The maximum Gasteiger partial charge on any atom is 0.180 e. The zero-order valence-electron chi connectivity index (χ0n) is 5.53. The second-order valence-corrected chi connectivity index (χ2v) is 4.66. The highest BCUT2D eigenvalue weighted by Crippen LogP contribution is 1.98. The summed E-state index contributed by atoms with van der Waals surface area (Å²) in [5, 5.41) is -1.73. The minimum absolute atomic E-state index is 0.863. The van der Waals surface area contributed by atoms with E-state index in [1.54, 1.807) is 0 Å². The second kappa shape index (κ2) is 2.64. The van der Waals surface area contributed by atoms with E-state index in [0.717, 1.165) is 0 Å². The van der Waals surface area contributed by atoms with Crippen LogP contribution in [0.25, 0.3) is 0 Å². The highest BCUT2D eigenvalue weighted by molar-refractivity contribution is 7.92. The van der Waals surface area contributed by atoms with Crippen molar-refractivity contribution in [2.75, 3.05) is 0 Å². The van der Waals surface area contributed by atoms with Gasteiger partial charge in [0, 0.05) is 0 Å². The van der Waals surface area contributed by atoms with Crippen LogP contribution in [-0.2, 0) is 9.84 Å². The predicted molar refractivity (Wildman–Crippen MR) is 36.2 cm³/mol. The lowest BCUT2D eigenvalue weighted by atomic mass is 10.8. The van der Waals surface area contributed by atoms with Crippen LogP contribution in [-0.4, -0.2) is 19.2 Å². The molecule has 5 heteroatoms. The maximum absolute atomic E-state index is 10.8. The first kappa shape index (κ1) is 8.87. The van der Waals surface area contributed by atoms with Gasteiger partial charge in [-0.3, -0.25) is 0 Å². The zero-order chi connectivity index (χ0) is 7.65. The molecule has 0 unspecified atom stereocenters. The van der Waals surface area contributed by atoms with E-state index in [-0.39, 0.29) is 0 Å². The van der Waals surface area contributed by atoms with Crippen LogP contribution >= 0.6 is 0 Å². The highest BCUT2D eigenvalue weighted by Gasteiger charge is 2.20. The van der Waals surface area contributed by atoms with Gasteiger partial charge in [-0.25, -0.2) is 8.42 Å². The normalized spacial score (nSPS) is 19.1. The second-order valence-electron chi connectivity index (χ2n) is 2.00. The summed E-state index contributed by atoms with van der Waals surface area (Å²) in [6, 6.07) is 0. The number of hydrogen-bond acceptors (Lipinski definition) is 4. The van der Waals surface area contributed by atoms with Crippen molar-refractivity contribution in [2.45, 2.75) is 24.6 Å². The lowest BCUT2D eigenvalue weighted by molar-refractivity contribution is 0.574. The van der Waals surface area contributed by atoms with E-state index in [2.05, 4.69) is 0 Å². The van der Waals surface area contributed by atoms with E-state index in [1.165, 1.54) is 13.8 Å². The molecule has 0 saturated heterocycles. The number of nitrogens with two attached hydrogens (primary N) is 2. The molecule has 0 fully saturated rings. The summed E-state index contributed by atoms with van der Waals surface area (Å²) >= 11 is 0. The molecule has 9 heavy (non-hydrogen) atoms. The Kier molecular flexibility index (Phi) is 2.60. The average Bonchev–Trinajstić information content (AvgIpc) is 1.65. The lowest BCUT2D eigenvalue weighted by Crippen LogP contribution is -2.39. The zero-order valence-corrected chi connectivity index (χ0v) is 6.35. The Hall–Kier alpha value is -0.130. The van der Waals surface area contributed by atoms with Crippen LogP contribution in [0.2, 0.25) is 0 Å². The fourth-order valence-electron chi connectivity index (χ4n) is 0.339. The quantitative estimate of drug-likeness (QED) is 0.532. The Morgan fingerprint density at radius 3 is 1.33 bits per heavy atom. The van der Waals surface area contributed by atoms with Crippen molar-refractivity contribution in [1.29, 1.82) is 0 Å². The first-order valence-electron chi connectivity index (χ1n) is 2.63. The third-order valence-electron chi connectivity index (χ3n) is 1.04. The van der Waals surface area contributed by atoms with Crippen molar-refractivity contribution >= 4 is 9.84 Å². The molecule has 0 aliphatic heterocycles. The molecule has 0 aromatic heterocycles. The fraction of sp³-hybridized carbons (Fsp3) is 1.00. The van der Waals surface area contributed by atoms with Gasteiger partial charge in [0.2, 0.25) is 0 Å². The van der Waals surface area contributed by atoms with E-state index in [4.69, 9.17) is 11.5 Å². The summed E-state index contributed by atoms with van der Waals surface area (Å²) in [5.41, 5.74) is 10.2. The van der Waals surface area contributed by atoms with Crippen LogP contribution in [0.5, 0.6) is 0 Å². The van der Waals surface area contributed by atoms with Gasteiger partial charge < -0.3 is 11.5 Å². The Labute approximate surface area is 55.1 Å². The molecule has 0 amide bonds. The van der Waals surface area contributed by atoms with E-state index >= 15 is 0 Å². The van der Waals surface area contributed by atoms with Crippen LogP contribution in [0.3, 0.4) is 0 Å². The monoisotopic (exact) mass is 152 g/mol. The molecule has 0 saturated carbocycles. The molecule has 0 rings (SSSR count). The number of rotatable bonds is 2. The van der Waals surface area contributed by atoms with Crippen molar-refractivity contribution in [2.24, 2.45) is 11.5 Å². The van der Waals surface area contributed by atoms with E-state index in [9.17, 15) is 8.42 Å². The molecule has 56 valence electrons. The van der Waals surface area contributed by atoms with Gasteiger partial charge in [-0.2, -0.15) is 0 Å². The molecule has 2 atom stereocenters. The van der Waals surface area contributed by atoms with Crippen LogP contribution in [0.4, 0.5) is 0 Å². The fourth-order valence-corrected chi connectivity index (χ4v) is 1.02. The Morgan fingerprint density at radius 1 is 1.11 bits per heavy atom. The SMILES string of the molecule is C[C@H](N)S(=O)(=O)[C@@H](C)N. The lowest BCUT2D eigenvalue weighted by Gasteiger charge is -2.09. The smallest absolute Gasteiger partial charge is 0.180 e. The van der Waals surface area contributed by atoms with Crippen LogP contribution in [0.15, 0.2) is 0 Å². The van der Waals surface area contributed by atoms with Gasteiger partial charge in [0.1, 0.15) is 10.7 Å².